The minimum atomic E-state index is -1.26. The summed E-state index contributed by atoms with van der Waals surface area (Å²) in [7, 11) is 1.72. The third-order valence-corrected chi connectivity index (χ3v) is 3.76. The van der Waals surface area contributed by atoms with Gasteiger partial charge in [0.05, 0.1) is 24.9 Å². The van der Waals surface area contributed by atoms with Crippen LogP contribution in [0.5, 0.6) is 0 Å². The number of carbonyl (C=O) groups excluding carboxylic acids is 1. The molecule has 0 bridgehead atoms. The van der Waals surface area contributed by atoms with E-state index in [2.05, 4.69) is 10.4 Å². The van der Waals surface area contributed by atoms with Gasteiger partial charge in [0.15, 0.2) is 0 Å². The zero-order valence-corrected chi connectivity index (χ0v) is 12.9. The van der Waals surface area contributed by atoms with Gasteiger partial charge in [-0.25, -0.2) is 0 Å². The number of hydrogen-bond donors (Lipinski definition) is 2. The lowest BCUT2D eigenvalue weighted by Crippen LogP contribution is -2.39. The summed E-state index contributed by atoms with van der Waals surface area (Å²) in [5.74, 6) is 0.165. The zero-order valence-electron chi connectivity index (χ0n) is 12.2. The Bertz CT molecular complexity index is 632. The van der Waals surface area contributed by atoms with E-state index in [1.165, 1.54) is 10.9 Å². The van der Waals surface area contributed by atoms with Crippen molar-refractivity contribution in [3.05, 3.63) is 40.6 Å². The Balaban J connectivity index is 1.97. The van der Waals surface area contributed by atoms with Gasteiger partial charge in [-0.2, -0.15) is 5.10 Å². The van der Waals surface area contributed by atoms with Gasteiger partial charge < -0.3 is 14.8 Å². The lowest BCUT2D eigenvalue weighted by atomic mass is 10.0. The summed E-state index contributed by atoms with van der Waals surface area (Å²) < 4.78 is 6.68. The lowest BCUT2D eigenvalue weighted by Gasteiger charge is -2.21. The average Bonchev–Trinajstić information content (AvgIpc) is 3.02. The van der Waals surface area contributed by atoms with Gasteiger partial charge in [0.1, 0.15) is 16.5 Å². The van der Waals surface area contributed by atoms with E-state index in [4.69, 9.17) is 16.0 Å². The van der Waals surface area contributed by atoms with E-state index in [1.54, 1.807) is 33.0 Å². The Kier molecular flexibility index (Phi) is 4.39. The molecule has 0 saturated carbocycles. The standard InChI is InChI=1S/C14H18ClN3O3/c1-9-10(13(15)18(3)17-9)7-12(19)16-8-14(2,20)11-5-4-6-21-11/h4-6,20H,7-8H2,1-3H3,(H,16,19). The molecule has 7 heteroatoms. The van der Waals surface area contributed by atoms with E-state index < -0.39 is 5.60 Å². The van der Waals surface area contributed by atoms with Gasteiger partial charge >= 0.3 is 0 Å². The SMILES string of the molecule is Cc1nn(C)c(Cl)c1CC(=O)NCC(C)(O)c1ccco1. The lowest BCUT2D eigenvalue weighted by molar-refractivity contribution is -0.121. The van der Waals surface area contributed by atoms with Gasteiger partial charge in [0.25, 0.3) is 0 Å². The van der Waals surface area contributed by atoms with Crippen LogP contribution in [0.3, 0.4) is 0 Å². The topological polar surface area (TPSA) is 80.3 Å². The maximum absolute atomic E-state index is 12.0. The summed E-state index contributed by atoms with van der Waals surface area (Å²) in [6.45, 7) is 3.43. The Hall–Kier alpha value is -1.79. The molecular weight excluding hydrogens is 294 g/mol. The highest BCUT2D eigenvalue weighted by atomic mass is 35.5. The molecule has 0 aliphatic heterocycles. The number of furan rings is 1. The number of aromatic nitrogens is 2. The number of nitrogens with one attached hydrogen (secondary N) is 1. The van der Waals surface area contributed by atoms with Crippen LogP contribution >= 0.6 is 11.6 Å². The first-order valence-corrected chi connectivity index (χ1v) is 6.90. The molecule has 0 spiro atoms. The third kappa shape index (κ3) is 3.46. The summed E-state index contributed by atoms with van der Waals surface area (Å²) >= 11 is 6.09. The Morgan fingerprint density at radius 2 is 2.33 bits per heavy atom. The monoisotopic (exact) mass is 311 g/mol. The van der Waals surface area contributed by atoms with Gasteiger partial charge in [-0.15, -0.1) is 0 Å². The largest absolute Gasteiger partial charge is 0.466 e. The first-order valence-electron chi connectivity index (χ1n) is 6.52. The molecule has 0 radical (unpaired) electrons. The number of hydrogen-bond acceptors (Lipinski definition) is 4. The first kappa shape index (κ1) is 15.6. The van der Waals surface area contributed by atoms with Gasteiger partial charge in [-0.3, -0.25) is 9.48 Å². The van der Waals surface area contributed by atoms with Crippen molar-refractivity contribution >= 4 is 17.5 Å². The highest BCUT2D eigenvalue weighted by Crippen LogP contribution is 2.21. The second-order valence-electron chi connectivity index (χ2n) is 5.18. The van der Waals surface area contributed by atoms with Crippen molar-refractivity contribution in [2.45, 2.75) is 25.9 Å². The van der Waals surface area contributed by atoms with Crippen LogP contribution in [0.4, 0.5) is 0 Å². The predicted octanol–water partition coefficient (Wildman–Crippen LogP) is 1.54. The number of amides is 1. The molecule has 6 nitrogen and oxygen atoms in total. The number of halogens is 1. The number of rotatable bonds is 5. The molecule has 2 aromatic rings. The van der Waals surface area contributed by atoms with Crippen LogP contribution in [0.25, 0.3) is 0 Å². The minimum Gasteiger partial charge on any atom is -0.466 e. The van der Waals surface area contributed by atoms with Crippen molar-refractivity contribution in [2.24, 2.45) is 7.05 Å². The van der Waals surface area contributed by atoms with E-state index in [0.29, 0.717) is 16.5 Å². The average molecular weight is 312 g/mol. The number of nitrogens with zero attached hydrogens (tertiary/aromatic N) is 2. The predicted molar refractivity (Wildman–Crippen MR) is 77.9 cm³/mol. The first-order chi connectivity index (χ1) is 9.81. The van der Waals surface area contributed by atoms with E-state index >= 15 is 0 Å². The van der Waals surface area contributed by atoms with Gasteiger partial charge in [0, 0.05) is 12.6 Å². The van der Waals surface area contributed by atoms with Crippen LogP contribution in [0.15, 0.2) is 22.8 Å². The third-order valence-electron chi connectivity index (χ3n) is 3.29. The maximum atomic E-state index is 12.0. The van der Waals surface area contributed by atoms with Crippen molar-refractivity contribution < 1.29 is 14.3 Å². The smallest absolute Gasteiger partial charge is 0.224 e. The molecule has 1 atom stereocenters. The molecule has 2 rings (SSSR count). The van der Waals surface area contributed by atoms with Crippen LogP contribution in [-0.2, 0) is 23.9 Å². The van der Waals surface area contributed by atoms with E-state index in [0.717, 1.165) is 5.69 Å². The van der Waals surface area contributed by atoms with Crippen molar-refractivity contribution in [3.63, 3.8) is 0 Å². The zero-order chi connectivity index (χ0) is 15.6. The number of carbonyl (C=O) groups is 1. The van der Waals surface area contributed by atoms with E-state index in [-0.39, 0.29) is 18.9 Å². The summed E-state index contributed by atoms with van der Waals surface area (Å²) in [4.78, 5) is 12.0. The summed E-state index contributed by atoms with van der Waals surface area (Å²) in [5, 5.41) is 17.5. The van der Waals surface area contributed by atoms with Gasteiger partial charge in [-0.1, -0.05) is 11.6 Å². The highest BCUT2D eigenvalue weighted by Gasteiger charge is 2.27. The van der Waals surface area contributed by atoms with Crippen molar-refractivity contribution in [1.29, 1.82) is 0 Å². The van der Waals surface area contributed by atoms with Crippen LogP contribution in [0.2, 0.25) is 5.15 Å². The van der Waals surface area contributed by atoms with Gasteiger partial charge in [0.2, 0.25) is 5.91 Å². The van der Waals surface area contributed by atoms with Crippen molar-refractivity contribution in [3.8, 4) is 0 Å². The molecule has 21 heavy (non-hydrogen) atoms. The molecule has 0 aliphatic carbocycles. The molecule has 2 N–H and O–H groups in total. The minimum absolute atomic E-state index is 0.0519. The molecular formula is C14H18ClN3O3. The molecule has 0 aromatic carbocycles. The van der Waals surface area contributed by atoms with E-state index in [1.807, 2.05) is 0 Å². The second kappa shape index (κ2) is 5.91. The molecule has 2 aromatic heterocycles. The number of aryl methyl sites for hydroxylation is 2. The quantitative estimate of drug-likeness (QED) is 0.878. The Morgan fingerprint density at radius 3 is 2.86 bits per heavy atom. The Morgan fingerprint density at radius 1 is 1.62 bits per heavy atom. The van der Waals surface area contributed by atoms with E-state index in [9.17, 15) is 9.90 Å². The van der Waals surface area contributed by atoms with Crippen molar-refractivity contribution in [2.75, 3.05) is 6.54 Å². The Labute approximate surface area is 127 Å². The number of aliphatic hydroxyl groups is 1. The molecule has 1 unspecified atom stereocenters. The second-order valence-corrected chi connectivity index (χ2v) is 5.54. The van der Waals surface area contributed by atoms with Crippen LogP contribution < -0.4 is 5.32 Å². The van der Waals surface area contributed by atoms with Crippen LogP contribution in [0, 0.1) is 6.92 Å². The molecule has 1 amide bonds. The fraction of sp³-hybridized carbons (Fsp3) is 0.429. The summed E-state index contributed by atoms with van der Waals surface area (Å²) in [6, 6.07) is 3.35. The fourth-order valence-corrected chi connectivity index (χ4v) is 2.28. The molecule has 114 valence electrons. The van der Waals surface area contributed by atoms with Crippen molar-refractivity contribution in [1.82, 2.24) is 15.1 Å². The fourth-order valence-electron chi connectivity index (χ4n) is 2.04. The normalized spacial score (nSPS) is 14.0. The molecule has 2 heterocycles. The highest BCUT2D eigenvalue weighted by molar-refractivity contribution is 6.30. The molecule has 0 aliphatic rings. The van der Waals surface area contributed by atoms with Gasteiger partial charge in [-0.05, 0) is 26.0 Å². The van der Waals surface area contributed by atoms with Crippen LogP contribution in [-0.4, -0.2) is 27.3 Å². The summed E-state index contributed by atoms with van der Waals surface area (Å²) in [5.41, 5.74) is 0.150. The molecule has 0 fully saturated rings. The van der Waals surface area contributed by atoms with Crippen LogP contribution in [0.1, 0.15) is 23.9 Å². The summed E-state index contributed by atoms with van der Waals surface area (Å²) in [6.07, 6.45) is 1.59. The maximum Gasteiger partial charge on any atom is 0.224 e. The molecule has 0 saturated heterocycles.